The van der Waals surface area contributed by atoms with Crippen molar-refractivity contribution < 1.29 is 4.74 Å². The van der Waals surface area contributed by atoms with Gasteiger partial charge in [0.25, 0.3) is 5.56 Å². The van der Waals surface area contributed by atoms with Crippen LogP contribution >= 0.6 is 34.2 Å². The van der Waals surface area contributed by atoms with E-state index in [1.54, 1.807) is 0 Å². The third kappa shape index (κ3) is 2.34. The van der Waals surface area contributed by atoms with Gasteiger partial charge in [-0.15, -0.1) is 0 Å². The van der Waals surface area contributed by atoms with E-state index in [0.717, 1.165) is 19.3 Å². The molecule has 0 bridgehead atoms. The van der Waals surface area contributed by atoms with Gasteiger partial charge in [0.2, 0.25) is 0 Å². The third-order valence-electron chi connectivity index (χ3n) is 2.33. The van der Waals surface area contributed by atoms with Crippen molar-refractivity contribution in [3.8, 4) is 0 Å². The zero-order valence-corrected chi connectivity index (χ0v) is 10.9. The molecule has 1 saturated heterocycles. The smallest absolute Gasteiger partial charge is 0.284 e. The van der Waals surface area contributed by atoms with Gasteiger partial charge in [0.05, 0.1) is 11.2 Å². The highest BCUT2D eigenvalue weighted by molar-refractivity contribution is 14.1. The van der Waals surface area contributed by atoms with Crippen LogP contribution in [0.2, 0.25) is 5.02 Å². The predicted molar refractivity (Wildman–Crippen MR) is 65.1 cm³/mol. The van der Waals surface area contributed by atoms with Crippen LogP contribution in [0.3, 0.4) is 0 Å². The Morgan fingerprint density at radius 2 is 2.40 bits per heavy atom. The molecular weight excluding hydrogens is 330 g/mol. The van der Waals surface area contributed by atoms with Crippen LogP contribution in [-0.2, 0) is 4.74 Å². The first kappa shape index (κ1) is 11.3. The molecule has 1 aromatic rings. The first-order valence-electron chi connectivity index (χ1n) is 4.74. The minimum absolute atomic E-state index is 0.171. The van der Waals surface area contributed by atoms with Crippen molar-refractivity contribution in [2.24, 2.45) is 0 Å². The van der Waals surface area contributed by atoms with Gasteiger partial charge in [0, 0.05) is 6.61 Å². The fraction of sp³-hybridized carbons (Fsp3) is 0.556. The van der Waals surface area contributed by atoms with E-state index in [-0.39, 0.29) is 11.8 Å². The molecule has 0 N–H and O–H groups in total. The highest BCUT2D eigenvalue weighted by Crippen LogP contribution is 2.21. The molecule has 0 spiro atoms. The molecule has 82 valence electrons. The largest absolute Gasteiger partial charge is 0.356 e. The van der Waals surface area contributed by atoms with Crippen molar-refractivity contribution in [1.82, 2.24) is 9.78 Å². The van der Waals surface area contributed by atoms with Crippen LogP contribution in [0.5, 0.6) is 0 Å². The first-order valence-corrected chi connectivity index (χ1v) is 6.20. The average molecular weight is 341 g/mol. The van der Waals surface area contributed by atoms with E-state index < -0.39 is 0 Å². The highest BCUT2D eigenvalue weighted by atomic mass is 127. The standard InChI is InChI=1S/C9H10ClIN2O2/c10-6-5-12-13(9(14)8(6)11)7-3-1-2-4-15-7/h5,7H,1-4H2. The fourth-order valence-electron chi connectivity index (χ4n) is 1.55. The molecule has 0 aromatic carbocycles. The average Bonchev–Trinajstić information content (AvgIpc) is 2.27. The molecule has 0 saturated carbocycles. The second-order valence-electron chi connectivity index (χ2n) is 3.38. The molecule has 1 aliphatic heterocycles. The number of hydrogen-bond acceptors (Lipinski definition) is 3. The van der Waals surface area contributed by atoms with Gasteiger partial charge in [0.15, 0.2) is 6.23 Å². The molecule has 1 fully saturated rings. The van der Waals surface area contributed by atoms with Crippen molar-refractivity contribution >= 4 is 34.2 Å². The molecule has 1 aromatic heterocycles. The second kappa shape index (κ2) is 4.80. The molecule has 6 heteroatoms. The van der Waals surface area contributed by atoms with E-state index in [4.69, 9.17) is 16.3 Å². The van der Waals surface area contributed by atoms with Crippen molar-refractivity contribution in [2.45, 2.75) is 25.5 Å². The van der Waals surface area contributed by atoms with Crippen LogP contribution in [0.1, 0.15) is 25.5 Å². The van der Waals surface area contributed by atoms with Crippen LogP contribution < -0.4 is 5.56 Å². The normalized spacial score (nSPS) is 21.6. The molecular formula is C9H10ClIN2O2. The summed E-state index contributed by atoms with van der Waals surface area (Å²) in [6, 6.07) is 0. The molecule has 2 heterocycles. The molecule has 1 atom stereocenters. The molecule has 0 radical (unpaired) electrons. The minimum Gasteiger partial charge on any atom is -0.356 e. The lowest BCUT2D eigenvalue weighted by atomic mass is 10.2. The van der Waals surface area contributed by atoms with E-state index >= 15 is 0 Å². The summed E-state index contributed by atoms with van der Waals surface area (Å²) in [5.41, 5.74) is -0.171. The Labute approximate surface area is 106 Å². The van der Waals surface area contributed by atoms with Crippen LogP contribution in [0.4, 0.5) is 0 Å². The summed E-state index contributed by atoms with van der Waals surface area (Å²) in [6.45, 7) is 0.692. The van der Waals surface area contributed by atoms with E-state index in [1.807, 2.05) is 22.6 Å². The molecule has 1 unspecified atom stereocenters. The SMILES string of the molecule is O=c1c(I)c(Cl)cnn1C1CCCCO1. The van der Waals surface area contributed by atoms with Crippen LogP contribution in [0, 0.1) is 3.57 Å². The Balaban J connectivity index is 2.35. The zero-order valence-electron chi connectivity index (χ0n) is 7.95. The number of halogens is 2. The monoisotopic (exact) mass is 340 g/mol. The van der Waals surface area contributed by atoms with Gasteiger partial charge >= 0.3 is 0 Å². The summed E-state index contributed by atoms with van der Waals surface area (Å²) < 4.78 is 7.37. The number of nitrogens with zero attached hydrogens (tertiary/aromatic N) is 2. The minimum atomic E-state index is -0.225. The van der Waals surface area contributed by atoms with E-state index in [2.05, 4.69) is 5.10 Å². The van der Waals surface area contributed by atoms with Gasteiger partial charge in [-0.05, 0) is 41.9 Å². The summed E-state index contributed by atoms with van der Waals surface area (Å²) in [5.74, 6) is 0. The Hall–Kier alpha value is -0.140. The maximum Gasteiger partial charge on any atom is 0.284 e. The van der Waals surface area contributed by atoms with Gasteiger partial charge < -0.3 is 4.74 Å². The van der Waals surface area contributed by atoms with Gasteiger partial charge in [-0.3, -0.25) is 4.79 Å². The summed E-state index contributed by atoms with van der Waals surface area (Å²) in [7, 11) is 0. The molecule has 1 aliphatic rings. The zero-order chi connectivity index (χ0) is 10.8. The quantitative estimate of drug-likeness (QED) is 0.736. The summed E-state index contributed by atoms with van der Waals surface area (Å²) >= 11 is 7.73. The molecule has 2 rings (SSSR count). The fourth-order valence-corrected chi connectivity index (χ4v) is 2.06. The summed E-state index contributed by atoms with van der Waals surface area (Å²) in [5, 5.41) is 4.40. The molecule has 15 heavy (non-hydrogen) atoms. The number of rotatable bonds is 1. The Kier molecular flexibility index (Phi) is 3.63. The number of aromatic nitrogens is 2. The van der Waals surface area contributed by atoms with Crippen LogP contribution in [0.25, 0.3) is 0 Å². The van der Waals surface area contributed by atoms with Crippen molar-refractivity contribution in [1.29, 1.82) is 0 Å². The lowest BCUT2D eigenvalue weighted by molar-refractivity contribution is -0.0426. The summed E-state index contributed by atoms with van der Waals surface area (Å²) in [6.07, 6.45) is 4.22. The van der Waals surface area contributed by atoms with Gasteiger partial charge in [-0.25, -0.2) is 0 Å². The molecule has 0 aliphatic carbocycles. The summed E-state index contributed by atoms with van der Waals surface area (Å²) in [4.78, 5) is 11.8. The Morgan fingerprint density at radius 1 is 1.60 bits per heavy atom. The first-order chi connectivity index (χ1) is 7.20. The predicted octanol–water partition coefficient (Wildman–Crippen LogP) is 2.20. The Morgan fingerprint density at radius 3 is 3.07 bits per heavy atom. The maximum absolute atomic E-state index is 11.8. The van der Waals surface area contributed by atoms with E-state index in [9.17, 15) is 4.79 Å². The lowest BCUT2D eigenvalue weighted by Crippen LogP contribution is -2.32. The van der Waals surface area contributed by atoms with E-state index in [0.29, 0.717) is 15.2 Å². The van der Waals surface area contributed by atoms with Crippen LogP contribution in [0.15, 0.2) is 11.0 Å². The molecule has 4 nitrogen and oxygen atoms in total. The Bertz CT molecular complexity index is 415. The van der Waals surface area contributed by atoms with E-state index in [1.165, 1.54) is 10.9 Å². The molecule has 0 amide bonds. The number of ether oxygens (including phenoxy) is 1. The third-order valence-corrected chi connectivity index (χ3v) is 3.98. The van der Waals surface area contributed by atoms with Gasteiger partial charge in [-0.2, -0.15) is 9.78 Å². The van der Waals surface area contributed by atoms with Crippen LogP contribution in [-0.4, -0.2) is 16.4 Å². The lowest BCUT2D eigenvalue weighted by Gasteiger charge is -2.23. The van der Waals surface area contributed by atoms with Crippen molar-refractivity contribution in [3.63, 3.8) is 0 Å². The van der Waals surface area contributed by atoms with Gasteiger partial charge in [-0.1, -0.05) is 11.6 Å². The second-order valence-corrected chi connectivity index (χ2v) is 4.86. The topological polar surface area (TPSA) is 44.1 Å². The number of hydrogen-bond donors (Lipinski definition) is 0. The van der Waals surface area contributed by atoms with Crippen molar-refractivity contribution in [3.05, 3.63) is 25.1 Å². The van der Waals surface area contributed by atoms with Gasteiger partial charge in [0.1, 0.15) is 3.57 Å². The highest BCUT2D eigenvalue weighted by Gasteiger charge is 2.19. The maximum atomic E-state index is 11.8. The van der Waals surface area contributed by atoms with Crippen molar-refractivity contribution in [2.75, 3.05) is 6.61 Å².